The van der Waals surface area contributed by atoms with Gasteiger partial charge in [-0.2, -0.15) is 0 Å². The van der Waals surface area contributed by atoms with Crippen molar-refractivity contribution in [3.05, 3.63) is 0 Å². The lowest BCUT2D eigenvalue weighted by atomic mass is 10.1. The minimum atomic E-state index is 0. The normalized spacial score (nSPS) is 13.0. The minimum absolute atomic E-state index is 0. The van der Waals surface area contributed by atoms with Gasteiger partial charge in [-0.1, -0.05) is 13.8 Å². The van der Waals surface area contributed by atoms with Crippen LogP contribution in [0.5, 0.6) is 0 Å². The first-order valence-electron chi connectivity index (χ1n) is 2.97. The van der Waals surface area contributed by atoms with Gasteiger partial charge in [0.25, 0.3) is 0 Å². The van der Waals surface area contributed by atoms with E-state index in [1.807, 2.05) is 7.05 Å². The van der Waals surface area contributed by atoms with Crippen LogP contribution in [0.4, 0.5) is 0 Å². The smallest absolute Gasteiger partial charge is 0.0483 e. The third kappa shape index (κ3) is 6.42. The summed E-state index contributed by atoms with van der Waals surface area (Å²) in [7, 11) is 1.91. The summed E-state index contributed by atoms with van der Waals surface area (Å²) in [5.74, 6) is 0.573. The van der Waals surface area contributed by atoms with Crippen LogP contribution in [-0.4, -0.2) is 19.0 Å². The first kappa shape index (κ1) is 12.2. The Balaban J connectivity index is 0. The number of rotatable bonds is 3. The average Bonchev–Trinajstić information content (AvgIpc) is 1.67. The van der Waals surface area contributed by atoms with E-state index in [1.165, 1.54) is 0 Å². The first-order valence-corrected chi connectivity index (χ1v) is 3.40. The predicted octanol–water partition coefficient (Wildman–Crippen LogP) is 1.89. The molecule has 1 unspecified atom stereocenters. The molecule has 0 rings (SSSR count). The summed E-state index contributed by atoms with van der Waals surface area (Å²) in [5, 5.41) is 3.29. The van der Waals surface area contributed by atoms with Gasteiger partial charge in [0, 0.05) is 11.9 Å². The molecule has 0 spiro atoms. The van der Waals surface area contributed by atoms with Crippen LogP contribution < -0.4 is 5.32 Å². The van der Waals surface area contributed by atoms with Crippen molar-refractivity contribution >= 4 is 24.0 Å². The van der Waals surface area contributed by atoms with E-state index in [2.05, 4.69) is 19.2 Å². The molecule has 0 aliphatic heterocycles. The van der Waals surface area contributed by atoms with E-state index in [-0.39, 0.29) is 17.8 Å². The molecule has 0 aliphatic carbocycles. The third-order valence-electron chi connectivity index (χ3n) is 1.12. The zero-order valence-electron chi connectivity index (χ0n) is 6.15. The number of alkyl halides is 1. The van der Waals surface area contributed by atoms with E-state index >= 15 is 0 Å². The van der Waals surface area contributed by atoms with Crippen LogP contribution in [-0.2, 0) is 0 Å². The van der Waals surface area contributed by atoms with Gasteiger partial charge >= 0.3 is 0 Å². The summed E-state index contributed by atoms with van der Waals surface area (Å²) in [4.78, 5) is 0. The highest BCUT2D eigenvalue weighted by Crippen LogP contribution is 2.06. The molecule has 0 radical (unpaired) electrons. The fraction of sp³-hybridized carbons (Fsp3) is 1.00. The summed E-state index contributed by atoms with van der Waals surface area (Å²) in [6.45, 7) is 5.14. The molecule has 9 heavy (non-hydrogen) atoms. The SMILES string of the molecule is CNCC(Cl)C(C)C.Cl. The average molecular weight is 172 g/mol. The zero-order valence-corrected chi connectivity index (χ0v) is 7.72. The molecule has 0 aliphatic rings. The van der Waals surface area contributed by atoms with Gasteiger partial charge in [-0.25, -0.2) is 0 Å². The van der Waals surface area contributed by atoms with Gasteiger partial charge < -0.3 is 5.32 Å². The molecular formula is C6H15Cl2N. The Hall–Kier alpha value is 0.540. The van der Waals surface area contributed by atoms with Gasteiger partial charge in [-0.3, -0.25) is 0 Å². The molecule has 0 heterocycles. The molecular weight excluding hydrogens is 157 g/mol. The molecule has 0 aromatic rings. The van der Waals surface area contributed by atoms with Crippen molar-refractivity contribution in [3.63, 3.8) is 0 Å². The van der Waals surface area contributed by atoms with Crippen molar-refractivity contribution in [1.82, 2.24) is 5.32 Å². The maximum Gasteiger partial charge on any atom is 0.0483 e. The lowest BCUT2D eigenvalue weighted by Crippen LogP contribution is -2.23. The van der Waals surface area contributed by atoms with Crippen LogP contribution in [0, 0.1) is 5.92 Å². The summed E-state index contributed by atoms with van der Waals surface area (Å²) in [6.07, 6.45) is 0. The highest BCUT2D eigenvalue weighted by molar-refractivity contribution is 6.20. The van der Waals surface area contributed by atoms with Crippen molar-refractivity contribution < 1.29 is 0 Å². The van der Waals surface area contributed by atoms with Crippen LogP contribution in [0.3, 0.4) is 0 Å². The van der Waals surface area contributed by atoms with E-state index in [0.29, 0.717) is 5.92 Å². The Morgan fingerprint density at radius 2 is 1.89 bits per heavy atom. The van der Waals surface area contributed by atoms with E-state index < -0.39 is 0 Å². The van der Waals surface area contributed by atoms with Crippen LogP contribution in [0.1, 0.15) is 13.8 Å². The molecule has 1 atom stereocenters. The number of halogens is 2. The fourth-order valence-electron chi connectivity index (χ4n) is 0.431. The maximum absolute atomic E-state index is 5.85. The number of nitrogens with one attached hydrogen (secondary N) is 1. The molecule has 1 N–H and O–H groups in total. The molecule has 58 valence electrons. The molecule has 0 bridgehead atoms. The van der Waals surface area contributed by atoms with Crippen molar-refractivity contribution in [2.75, 3.05) is 13.6 Å². The largest absolute Gasteiger partial charge is 0.318 e. The quantitative estimate of drug-likeness (QED) is 0.641. The van der Waals surface area contributed by atoms with E-state index in [9.17, 15) is 0 Å². The summed E-state index contributed by atoms with van der Waals surface area (Å²) >= 11 is 5.85. The minimum Gasteiger partial charge on any atom is -0.318 e. The van der Waals surface area contributed by atoms with E-state index in [1.54, 1.807) is 0 Å². The Morgan fingerprint density at radius 3 is 2.00 bits per heavy atom. The van der Waals surface area contributed by atoms with Gasteiger partial charge in [-0.15, -0.1) is 24.0 Å². The van der Waals surface area contributed by atoms with Crippen LogP contribution >= 0.6 is 24.0 Å². The lowest BCUT2D eigenvalue weighted by Gasteiger charge is -2.10. The second-order valence-corrected chi connectivity index (χ2v) is 2.88. The van der Waals surface area contributed by atoms with E-state index in [4.69, 9.17) is 11.6 Å². The Bertz CT molecular complexity index is 57.0. The maximum atomic E-state index is 5.85. The standard InChI is InChI=1S/C6H14ClN.ClH/c1-5(2)6(7)4-8-3;/h5-6,8H,4H2,1-3H3;1H. The topological polar surface area (TPSA) is 12.0 Å². The molecule has 0 aromatic carbocycles. The summed E-state index contributed by atoms with van der Waals surface area (Å²) in [5.41, 5.74) is 0. The van der Waals surface area contributed by atoms with Gasteiger partial charge in [-0.05, 0) is 13.0 Å². The Labute approximate surface area is 68.6 Å². The Morgan fingerprint density at radius 1 is 1.44 bits per heavy atom. The summed E-state index contributed by atoms with van der Waals surface area (Å²) < 4.78 is 0. The van der Waals surface area contributed by atoms with Gasteiger partial charge in [0.05, 0.1) is 0 Å². The van der Waals surface area contributed by atoms with Crippen LogP contribution in [0.2, 0.25) is 0 Å². The van der Waals surface area contributed by atoms with Crippen LogP contribution in [0.25, 0.3) is 0 Å². The highest BCUT2D eigenvalue weighted by atomic mass is 35.5. The van der Waals surface area contributed by atoms with Gasteiger partial charge in [0.1, 0.15) is 0 Å². The lowest BCUT2D eigenvalue weighted by molar-refractivity contribution is 0.571. The second-order valence-electron chi connectivity index (χ2n) is 2.32. The number of hydrogen-bond acceptors (Lipinski definition) is 1. The molecule has 0 saturated heterocycles. The molecule has 0 saturated carbocycles. The molecule has 1 nitrogen and oxygen atoms in total. The molecule has 3 heteroatoms. The van der Waals surface area contributed by atoms with Crippen molar-refractivity contribution in [1.29, 1.82) is 0 Å². The van der Waals surface area contributed by atoms with Crippen molar-refractivity contribution in [2.24, 2.45) is 5.92 Å². The van der Waals surface area contributed by atoms with Gasteiger partial charge in [0.2, 0.25) is 0 Å². The monoisotopic (exact) mass is 171 g/mol. The predicted molar refractivity (Wildman–Crippen MR) is 45.7 cm³/mol. The molecule has 0 fully saturated rings. The summed E-state index contributed by atoms with van der Waals surface area (Å²) in [6, 6.07) is 0. The van der Waals surface area contributed by atoms with Gasteiger partial charge in [0.15, 0.2) is 0 Å². The Kier molecular flexibility index (Phi) is 9.05. The highest BCUT2D eigenvalue weighted by Gasteiger charge is 2.06. The van der Waals surface area contributed by atoms with Crippen molar-refractivity contribution in [2.45, 2.75) is 19.2 Å². The van der Waals surface area contributed by atoms with E-state index in [0.717, 1.165) is 6.54 Å². The number of hydrogen-bond donors (Lipinski definition) is 1. The zero-order chi connectivity index (χ0) is 6.57. The molecule has 0 amide bonds. The third-order valence-corrected chi connectivity index (χ3v) is 1.78. The fourth-order valence-corrected chi connectivity index (χ4v) is 0.585. The van der Waals surface area contributed by atoms with Crippen LogP contribution in [0.15, 0.2) is 0 Å². The van der Waals surface area contributed by atoms with Crippen molar-refractivity contribution in [3.8, 4) is 0 Å². The second kappa shape index (κ2) is 6.66. The molecule has 0 aromatic heterocycles. The first-order chi connectivity index (χ1) is 3.68.